The minimum atomic E-state index is 0.264. The zero-order valence-electron chi connectivity index (χ0n) is 5.45. The third-order valence-electron chi connectivity index (χ3n) is 1.65. The number of aryl methyl sites for hydroxylation is 1. The van der Waals surface area contributed by atoms with Gasteiger partial charge in [0.15, 0.2) is 0 Å². The average Bonchev–Trinajstić information content (AvgIpc) is 2.33. The molecule has 52 valence electrons. The van der Waals surface area contributed by atoms with Crippen LogP contribution in [0.3, 0.4) is 0 Å². The molecule has 4 nitrogen and oxygen atoms in total. The minimum absolute atomic E-state index is 0.264. The van der Waals surface area contributed by atoms with Crippen molar-refractivity contribution in [3.05, 3.63) is 12.2 Å². The molecule has 0 spiro atoms. The molecule has 0 unspecified atom stereocenters. The quantitative estimate of drug-likeness (QED) is 0.497. The Morgan fingerprint density at radius 2 is 2.50 bits per heavy atom. The van der Waals surface area contributed by atoms with Crippen LogP contribution in [0.25, 0.3) is 0 Å². The fraction of sp³-hybridized carbons (Fsp3) is 0.500. The van der Waals surface area contributed by atoms with Crippen LogP contribution in [-0.4, -0.2) is 20.5 Å². The molecule has 2 heterocycles. The fourth-order valence-corrected chi connectivity index (χ4v) is 1.11. The number of rotatable bonds is 0. The van der Waals surface area contributed by atoms with Gasteiger partial charge in [0.1, 0.15) is 17.9 Å². The monoisotopic (exact) mass is 137 g/mol. The number of carbonyl (C=O) groups excluding carboxylic acids is 1. The Morgan fingerprint density at radius 3 is 3.40 bits per heavy atom. The molecule has 0 atom stereocenters. The predicted molar refractivity (Wildman–Crippen MR) is 33.3 cm³/mol. The number of Topliss-reactive ketones (excluding diaryl/α,β-unsaturated/α-hetero) is 1. The number of hydrogen-bond acceptors (Lipinski definition) is 3. The second-order valence-corrected chi connectivity index (χ2v) is 2.36. The van der Waals surface area contributed by atoms with Gasteiger partial charge in [-0.05, 0) is 0 Å². The van der Waals surface area contributed by atoms with Crippen LogP contribution in [0.15, 0.2) is 6.33 Å². The highest BCUT2D eigenvalue weighted by Gasteiger charge is 2.15. The Labute approximate surface area is 57.9 Å². The normalized spacial score (nSPS) is 17.0. The summed E-state index contributed by atoms with van der Waals surface area (Å²) in [4.78, 5) is 14.8. The van der Waals surface area contributed by atoms with Crippen molar-refractivity contribution in [3.63, 3.8) is 0 Å². The van der Waals surface area contributed by atoms with Gasteiger partial charge in [-0.15, -0.1) is 0 Å². The van der Waals surface area contributed by atoms with Crippen LogP contribution in [-0.2, 0) is 17.8 Å². The first-order chi connectivity index (χ1) is 4.86. The van der Waals surface area contributed by atoms with Crippen molar-refractivity contribution in [2.45, 2.75) is 19.4 Å². The zero-order chi connectivity index (χ0) is 6.97. The Bertz CT molecular complexity index is 266. The van der Waals surface area contributed by atoms with Crippen molar-refractivity contribution < 1.29 is 4.79 Å². The number of nitrogens with zero attached hydrogens (tertiary/aromatic N) is 3. The molecule has 0 saturated heterocycles. The van der Waals surface area contributed by atoms with Gasteiger partial charge in [-0.3, -0.25) is 4.79 Å². The van der Waals surface area contributed by atoms with Crippen molar-refractivity contribution in [1.29, 1.82) is 0 Å². The standard InChI is InChI=1S/C6H7N3O/c10-5-1-2-9-6(3-5)7-4-8-9/h4H,1-3H2. The van der Waals surface area contributed by atoms with E-state index in [0.29, 0.717) is 19.4 Å². The molecule has 1 aromatic rings. The van der Waals surface area contributed by atoms with Gasteiger partial charge in [-0.1, -0.05) is 0 Å². The number of fused-ring (bicyclic) bond motifs is 1. The lowest BCUT2D eigenvalue weighted by Gasteiger charge is -2.09. The first-order valence-corrected chi connectivity index (χ1v) is 3.24. The highest BCUT2D eigenvalue weighted by atomic mass is 16.1. The summed E-state index contributed by atoms with van der Waals surface area (Å²) in [5.74, 6) is 1.07. The first-order valence-electron chi connectivity index (χ1n) is 3.24. The third kappa shape index (κ3) is 0.725. The maximum Gasteiger partial charge on any atom is 0.142 e. The van der Waals surface area contributed by atoms with Gasteiger partial charge in [-0.25, -0.2) is 9.67 Å². The Balaban J connectivity index is 2.39. The molecular weight excluding hydrogens is 130 g/mol. The average molecular weight is 137 g/mol. The van der Waals surface area contributed by atoms with E-state index in [0.717, 1.165) is 5.82 Å². The second-order valence-electron chi connectivity index (χ2n) is 2.36. The molecule has 0 N–H and O–H groups in total. The molecular formula is C6H7N3O. The van der Waals surface area contributed by atoms with E-state index >= 15 is 0 Å². The van der Waals surface area contributed by atoms with Gasteiger partial charge in [0.2, 0.25) is 0 Å². The van der Waals surface area contributed by atoms with Gasteiger partial charge in [0.25, 0.3) is 0 Å². The number of carbonyl (C=O) groups is 1. The summed E-state index contributed by atoms with van der Waals surface area (Å²) >= 11 is 0. The van der Waals surface area contributed by atoms with E-state index in [9.17, 15) is 4.79 Å². The minimum Gasteiger partial charge on any atom is -0.299 e. The van der Waals surface area contributed by atoms with Crippen LogP contribution in [0.4, 0.5) is 0 Å². The predicted octanol–water partition coefficient (Wildman–Crippen LogP) is -0.207. The smallest absolute Gasteiger partial charge is 0.142 e. The van der Waals surface area contributed by atoms with E-state index in [1.807, 2.05) is 0 Å². The van der Waals surface area contributed by atoms with E-state index in [4.69, 9.17) is 0 Å². The lowest BCUT2D eigenvalue weighted by molar-refractivity contribution is -0.119. The second kappa shape index (κ2) is 1.90. The zero-order valence-corrected chi connectivity index (χ0v) is 5.45. The molecule has 4 heteroatoms. The molecule has 2 rings (SSSR count). The van der Waals surface area contributed by atoms with Crippen LogP contribution < -0.4 is 0 Å². The topological polar surface area (TPSA) is 47.8 Å². The largest absolute Gasteiger partial charge is 0.299 e. The Morgan fingerprint density at radius 1 is 1.60 bits per heavy atom. The molecule has 10 heavy (non-hydrogen) atoms. The first kappa shape index (κ1) is 5.58. The summed E-state index contributed by atoms with van der Waals surface area (Å²) in [6.45, 7) is 0.703. The Kier molecular flexibility index (Phi) is 1.06. The lowest BCUT2D eigenvalue weighted by atomic mass is 10.1. The SMILES string of the molecule is O=C1CCn2ncnc2C1. The summed E-state index contributed by atoms with van der Waals surface area (Å²) in [6.07, 6.45) is 2.56. The molecule has 0 aromatic carbocycles. The molecule has 1 aliphatic heterocycles. The van der Waals surface area contributed by atoms with Gasteiger partial charge in [0, 0.05) is 13.0 Å². The van der Waals surface area contributed by atoms with Gasteiger partial charge >= 0.3 is 0 Å². The van der Waals surface area contributed by atoms with Crippen molar-refractivity contribution in [2.75, 3.05) is 0 Å². The molecule has 1 aliphatic rings. The molecule has 0 bridgehead atoms. The maximum atomic E-state index is 10.8. The molecule has 0 fully saturated rings. The molecule has 0 amide bonds. The maximum absolute atomic E-state index is 10.8. The van der Waals surface area contributed by atoms with Gasteiger partial charge in [0.05, 0.1) is 6.42 Å². The van der Waals surface area contributed by atoms with Crippen LogP contribution in [0, 0.1) is 0 Å². The summed E-state index contributed by atoms with van der Waals surface area (Å²) in [5, 5.41) is 3.94. The fourth-order valence-electron chi connectivity index (χ4n) is 1.11. The van der Waals surface area contributed by atoms with Crippen molar-refractivity contribution in [2.24, 2.45) is 0 Å². The highest BCUT2D eigenvalue weighted by Crippen LogP contribution is 2.06. The summed E-state index contributed by atoms with van der Waals surface area (Å²) in [5.41, 5.74) is 0. The van der Waals surface area contributed by atoms with Crippen molar-refractivity contribution in [3.8, 4) is 0 Å². The number of hydrogen-bond donors (Lipinski definition) is 0. The van der Waals surface area contributed by atoms with E-state index in [1.54, 1.807) is 4.68 Å². The molecule has 0 saturated carbocycles. The summed E-state index contributed by atoms with van der Waals surface area (Å²) < 4.78 is 1.78. The van der Waals surface area contributed by atoms with E-state index < -0.39 is 0 Å². The van der Waals surface area contributed by atoms with E-state index in [-0.39, 0.29) is 5.78 Å². The van der Waals surface area contributed by atoms with E-state index in [1.165, 1.54) is 6.33 Å². The van der Waals surface area contributed by atoms with Crippen molar-refractivity contribution in [1.82, 2.24) is 14.8 Å². The van der Waals surface area contributed by atoms with Crippen LogP contribution in [0.2, 0.25) is 0 Å². The molecule has 0 aliphatic carbocycles. The van der Waals surface area contributed by atoms with Crippen LogP contribution in [0.5, 0.6) is 0 Å². The molecule has 1 aromatic heterocycles. The summed E-state index contributed by atoms with van der Waals surface area (Å²) in [7, 11) is 0. The van der Waals surface area contributed by atoms with Crippen LogP contribution >= 0.6 is 0 Å². The Hall–Kier alpha value is -1.19. The lowest BCUT2D eigenvalue weighted by Crippen LogP contribution is -2.19. The van der Waals surface area contributed by atoms with Crippen molar-refractivity contribution >= 4 is 5.78 Å². The number of aromatic nitrogens is 3. The van der Waals surface area contributed by atoms with E-state index in [2.05, 4.69) is 10.1 Å². The van der Waals surface area contributed by atoms with Gasteiger partial charge in [-0.2, -0.15) is 5.10 Å². The number of ketones is 1. The summed E-state index contributed by atoms with van der Waals surface area (Å²) in [6, 6.07) is 0. The third-order valence-corrected chi connectivity index (χ3v) is 1.65. The van der Waals surface area contributed by atoms with Gasteiger partial charge < -0.3 is 0 Å². The molecule has 0 radical (unpaired) electrons. The van der Waals surface area contributed by atoms with Crippen LogP contribution in [0.1, 0.15) is 12.2 Å². The highest BCUT2D eigenvalue weighted by molar-refractivity contribution is 5.80.